The van der Waals surface area contributed by atoms with Crippen LogP contribution in [0.5, 0.6) is 0 Å². The molecule has 0 aliphatic carbocycles. The Labute approximate surface area is 105 Å². The Hall–Kier alpha value is -0.610. The van der Waals surface area contributed by atoms with Gasteiger partial charge in [-0.2, -0.15) is 0 Å². The summed E-state index contributed by atoms with van der Waals surface area (Å²) < 4.78 is 0.993. The number of hydrogen-bond acceptors (Lipinski definition) is 3. The third-order valence-corrected chi connectivity index (χ3v) is 3.95. The predicted octanol–water partition coefficient (Wildman–Crippen LogP) is 3.12. The van der Waals surface area contributed by atoms with Crippen molar-refractivity contribution in [3.05, 3.63) is 22.3 Å². The van der Waals surface area contributed by atoms with Gasteiger partial charge in [0.05, 0.1) is 4.47 Å². The van der Waals surface area contributed by atoms with Gasteiger partial charge in [0.2, 0.25) is 0 Å². The molecular weight excluding hydrogens is 268 g/mol. The van der Waals surface area contributed by atoms with Crippen molar-refractivity contribution in [2.75, 3.05) is 11.9 Å². The van der Waals surface area contributed by atoms with Gasteiger partial charge in [-0.3, -0.25) is 0 Å². The minimum Gasteiger partial charge on any atom is -0.396 e. The van der Waals surface area contributed by atoms with Crippen molar-refractivity contribution >= 4 is 21.7 Å². The van der Waals surface area contributed by atoms with E-state index in [9.17, 15) is 0 Å². The van der Waals surface area contributed by atoms with Crippen LogP contribution in [0.1, 0.15) is 32.3 Å². The molecule has 0 saturated carbocycles. The highest BCUT2D eigenvalue weighted by Gasteiger charge is 2.22. The molecule has 1 heterocycles. The molecular formula is C12H19BrN2O. The highest BCUT2D eigenvalue weighted by atomic mass is 79.9. The monoisotopic (exact) mass is 286 g/mol. The third-order valence-electron chi connectivity index (χ3n) is 2.95. The summed E-state index contributed by atoms with van der Waals surface area (Å²) in [7, 11) is 0. The molecule has 16 heavy (non-hydrogen) atoms. The molecule has 0 aromatic carbocycles. The normalized spacial score (nSPS) is 14.6. The lowest BCUT2D eigenvalue weighted by Gasteiger charge is -2.30. The summed E-state index contributed by atoms with van der Waals surface area (Å²) in [5.74, 6) is 0.845. The maximum Gasteiger partial charge on any atom is 0.140 e. The Balaban J connectivity index is 2.90. The fourth-order valence-electron chi connectivity index (χ4n) is 1.49. The van der Waals surface area contributed by atoms with E-state index in [-0.39, 0.29) is 12.1 Å². The van der Waals surface area contributed by atoms with Crippen molar-refractivity contribution < 1.29 is 5.11 Å². The van der Waals surface area contributed by atoms with E-state index in [2.05, 4.69) is 40.1 Å². The van der Waals surface area contributed by atoms with E-state index in [1.807, 2.05) is 13.0 Å². The topological polar surface area (TPSA) is 45.1 Å². The minimum absolute atomic E-state index is 0.113. The molecule has 0 aliphatic heterocycles. The molecule has 0 saturated heterocycles. The highest BCUT2D eigenvalue weighted by molar-refractivity contribution is 9.10. The van der Waals surface area contributed by atoms with Crippen LogP contribution < -0.4 is 5.32 Å². The summed E-state index contributed by atoms with van der Waals surface area (Å²) in [5.41, 5.74) is 1.04. The summed E-state index contributed by atoms with van der Waals surface area (Å²) in [4.78, 5) is 4.31. The molecule has 1 aromatic heterocycles. The number of rotatable bonds is 5. The summed E-state index contributed by atoms with van der Waals surface area (Å²) >= 11 is 3.53. The minimum atomic E-state index is -0.113. The second kappa shape index (κ2) is 5.64. The van der Waals surface area contributed by atoms with Gasteiger partial charge in [-0.1, -0.05) is 6.92 Å². The van der Waals surface area contributed by atoms with Crippen LogP contribution in [-0.2, 0) is 0 Å². The molecule has 1 unspecified atom stereocenters. The number of aliphatic hydroxyl groups excluding tert-OH is 1. The second-order valence-electron chi connectivity index (χ2n) is 4.30. The number of anilines is 1. The fourth-order valence-corrected chi connectivity index (χ4v) is 1.82. The maximum absolute atomic E-state index is 9.06. The number of aromatic nitrogens is 1. The zero-order valence-electron chi connectivity index (χ0n) is 10.0. The second-order valence-corrected chi connectivity index (χ2v) is 5.10. The molecule has 4 heteroatoms. The molecule has 3 nitrogen and oxygen atoms in total. The lowest BCUT2D eigenvalue weighted by atomic mass is 9.95. The van der Waals surface area contributed by atoms with Crippen LogP contribution in [0.4, 0.5) is 5.82 Å². The van der Waals surface area contributed by atoms with E-state index < -0.39 is 0 Å². The standard InChI is InChI=1S/C12H19BrN2O/c1-4-12(3,6-8-16)15-11-10(13)9(2)5-7-14-11/h5,7,16H,4,6,8H2,1-3H3,(H,14,15). The van der Waals surface area contributed by atoms with Crippen LogP contribution in [0.3, 0.4) is 0 Å². The van der Waals surface area contributed by atoms with E-state index in [0.717, 1.165) is 22.3 Å². The molecule has 0 aliphatic rings. The number of hydrogen-bond donors (Lipinski definition) is 2. The van der Waals surface area contributed by atoms with E-state index in [4.69, 9.17) is 5.11 Å². The van der Waals surface area contributed by atoms with Gasteiger partial charge in [-0.25, -0.2) is 4.98 Å². The Morgan fingerprint density at radius 3 is 2.81 bits per heavy atom. The summed E-state index contributed by atoms with van der Waals surface area (Å²) in [6.07, 6.45) is 3.44. The first-order valence-electron chi connectivity index (χ1n) is 5.52. The average molecular weight is 287 g/mol. The summed E-state index contributed by atoms with van der Waals surface area (Å²) in [6.45, 7) is 6.42. The molecule has 1 rings (SSSR count). The molecule has 0 radical (unpaired) electrons. The fraction of sp³-hybridized carbons (Fsp3) is 0.583. The van der Waals surface area contributed by atoms with Gasteiger partial charge < -0.3 is 10.4 Å². The molecule has 0 amide bonds. The number of pyridine rings is 1. The van der Waals surface area contributed by atoms with Crippen molar-refractivity contribution in [2.24, 2.45) is 0 Å². The largest absolute Gasteiger partial charge is 0.396 e. The van der Waals surface area contributed by atoms with Gasteiger partial charge in [0, 0.05) is 18.3 Å². The van der Waals surface area contributed by atoms with Gasteiger partial charge in [-0.15, -0.1) is 0 Å². The van der Waals surface area contributed by atoms with Crippen molar-refractivity contribution in [1.82, 2.24) is 4.98 Å². The van der Waals surface area contributed by atoms with E-state index in [0.29, 0.717) is 6.42 Å². The van der Waals surface area contributed by atoms with Crippen LogP contribution in [-0.4, -0.2) is 22.2 Å². The van der Waals surface area contributed by atoms with Crippen LogP contribution >= 0.6 is 15.9 Å². The molecule has 90 valence electrons. The summed E-state index contributed by atoms with van der Waals surface area (Å²) in [5, 5.41) is 12.5. The molecule has 0 fully saturated rings. The van der Waals surface area contributed by atoms with Crippen molar-refractivity contribution in [3.8, 4) is 0 Å². The first-order valence-corrected chi connectivity index (χ1v) is 6.32. The first kappa shape index (κ1) is 13.5. The number of aryl methyl sites for hydroxylation is 1. The molecule has 1 aromatic rings. The third kappa shape index (κ3) is 3.19. The number of nitrogens with zero attached hydrogens (tertiary/aromatic N) is 1. The Bertz CT molecular complexity index is 357. The smallest absolute Gasteiger partial charge is 0.140 e. The first-order chi connectivity index (χ1) is 7.52. The van der Waals surface area contributed by atoms with Crippen molar-refractivity contribution in [2.45, 2.75) is 39.2 Å². The lowest BCUT2D eigenvalue weighted by molar-refractivity contribution is 0.251. The maximum atomic E-state index is 9.06. The Morgan fingerprint density at radius 1 is 1.56 bits per heavy atom. The van der Waals surface area contributed by atoms with Crippen LogP contribution in [0.25, 0.3) is 0 Å². The molecule has 0 spiro atoms. The van der Waals surface area contributed by atoms with Gasteiger partial charge >= 0.3 is 0 Å². The van der Waals surface area contributed by atoms with E-state index in [1.165, 1.54) is 0 Å². The zero-order valence-corrected chi connectivity index (χ0v) is 11.6. The number of nitrogens with one attached hydrogen (secondary N) is 1. The predicted molar refractivity (Wildman–Crippen MR) is 70.7 cm³/mol. The Kier molecular flexibility index (Phi) is 4.74. The average Bonchev–Trinajstić information content (AvgIpc) is 2.25. The summed E-state index contributed by atoms with van der Waals surface area (Å²) in [6, 6.07) is 1.96. The number of halogens is 1. The molecule has 2 N–H and O–H groups in total. The molecule has 0 bridgehead atoms. The van der Waals surface area contributed by atoms with Gasteiger partial charge in [0.15, 0.2) is 0 Å². The number of aliphatic hydroxyl groups is 1. The Morgan fingerprint density at radius 2 is 2.25 bits per heavy atom. The van der Waals surface area contributed by atoms with Crippen LogP contribution in [0, 0.1) is 6.92 Å². The highest BCUT2D eigenvalue weighted by Crippen LogP contribution is 2.28. The van der Waals surface area contributed by atoms with E-state index >= 15 is 0 Å². The van der Waals surface area contributed by atoms with Crippen molar-refractivity contribution in [3.63, 3.8) is 0 Å². The molecule has 1 atom stereocenters. The van der Waals surface area contributed by atoms with Crippen LogP contribution in [0.15, 0.2) is 16.7 Å². The SMILES string of the molecule is CCC(C)(CCO)Nc1nccc(C)c1Br. The quantitative estimate of drug-likeness (QED) is 0.874. The van der Waals surface area contributed by atoms with E-state index in [1.54, 1.807) is 6.20 Å². The zero-order chi connectivity index (χ0) is 12.2. The van der Waals surface area contributed by atoms with Gasteiger partial charge in [0.1, 0.15) is 5.82 Å². The van der Waals surface area contributed by atoms with Crippen molar-refractivity contribution in [1.29, 1.82) is 0 Å². The van der Waals surface area contributed by atoms with Gasteiger partial charge in [-0.05, 0) is 54.2 Å². The van der Waals surface area contributed by atoms with Gasteiger partial charge in [0.25, 0.3) is 0 Å². The lowest BCUT2D eigenvalue weighted by Crippen LogP contribution is -2.35. The van der Waals surface area contributed by atoms with Crippen LogP contribution in [0.2, 0.25) is 0 Å².